The monoisotopic (exact) mass is 368 g/mol. The smallest absolute Gasteiger partial charge is 0.343 e. The molecule has 0 aromatic heterocycles. The van der Waals surface area contributed by atoms with Crippen LogP contribution in [0.25, 0.3) is 11.8 Å². The molecule has 0 spiro atoms. The van der Waals surface area contributed by atoms with Crippen LogP contribution in [0.2, 0.25) is 0 Å². The fourth-order valence-electron chi connectivity index (χ4n) is 2.81. The third-order valence-electron chi connectivity index (χ3n) is 4.14. The van der Waals surface area contributed by atoms with E-state index in [9.17, 15) is 4.79 Å². The Morgan fingerprint density at radius 2 is 1.59 bits per heavy atom. The standard InChI is InChI=1S/C21H20O6/c1-23-16-9-8-13(11-19(16)25-3)18-12-15(21(22)27-18)10-14-6-5-7-17(24-2)20(14)26-4/h5-12H,1-4H3/b15-10-. The van der Waals surface area contributed by atoms with Crippen LogP contribution in [0.5, 0.6) is 23.0 Å². The van der Waals surface area contributed by atoms with Gasteiger partial charge in [0.05, 0.1) is 34.0 Å². The zero-order chi connectivity index (χ0) is 19.4. The van der Waals surface area contributed by atoms with E-state index >= 15 is 0 Å². The Morgan fingerprint density at radius 1 is 0.852 bits per heavy atom. The lowest BCUT2D eigenvalue weighted by molar-refractivity contribution is -0.130. The summed E-state index contributed by atoms with van der Waals surface area (Å²) < 4.78 is 26.7. The summed E-state index contributed by atoms with van der Waals surface area (Å²) in [5.74, 6) is 2.29. The van der Waals surface area contributed by atoms with E-state index in [1.165, 1.54) is 0 Å². The van der Waals surface area contributed by atoms with Crippen LogP contribution in [0, 0.1) is 0 Å². The molecule has 27 heavy (non-hydrogen) atoms. The Morgan fingerprint density at radius 3 is 2.26 bits per heavy atom. The molecule has 0 bridgehead atoms. The van der Waals surface area contributed by atoms with Crippen LogP contribution in [0.15, 0.2) is 48.0 Å². The molecule has 6 nitrogen and oxygen atoms in total. The Kier molecular flexibility index (Phi) is 5.35. The first-order valence-corrected chi connectivity index (χ1v) is 8.20. The van der Waals surface area contributed by atoms with Gasteiger partial charge in [-0.15, -0.1) is 0 Å². The molecule has 0 atom stereocenters. The molecule has 2 aromatic rings. The number of para-hydroxylation sites is 1. The first kappa shape index (κ1) is 18.4. The molecule has 6 heteroatoms. The van der Waals surface area contributed by atoms with Gasteiger partial charge in [0, 0.05) is 11.1 Å². The highest BCUT2D eigenvalue weighted by atomic mass is 16.5. The second-order valence-electron chi connectivity index (χ2n) is 5.65. The Hall–Kier alpha value is -3.41. The Labute approximate surface area is 157 Å². The number of benzene rings is 2. The zero-order valence-electron chi connectivity index (χ0n) is 15.6. The van der Waals surface area contributed by atoms with Crippen molar-refractivity contribution in [2.45, 2.75) is 0 Å². The summed E-state index contributed by atoms with van der Waals surface area (Å²) in [6.07, 6.45) is 3.39. The van der Waals surface area contributed by atoms with Gasteiger partial charge in [-0.25, -0.2) is 4.79 Å². The molecule has 0 fully saturated rings. The summed E-state index contributed by atoms with van der Waals surface area (Å²) >= 11 is 0. The van der Waals surface area contributed by atoms with Crippen molar-refractivity contribution in [2.24, 2.45) is 0 Å². The summed E-state index contributed by atoms with van der Waals surface area (Å²) in [5, 5.41) is 0. The van der Waals surface area contributed by atoms with Gasteiger partial charge in [0.2, 0.25) is 0 Å². The average molecular weight is 368 g/mol. The van der Waals surface area contributed by atoms with Gasteiger partial charge < -0.3 is 23.7 Å². The first-order chi connectivity index (χ1) is 13.1. The van der Waals surface area contributed by atoms with Crippen LogP contribution in [0.3, 0.4) is 0 Å². The minimum Gasteiger partial charge on any atom is -0.493 e. The number of rotatable bonds is 6. The molecule has 0 saturated carbocycles. The fraction of sp³-hybridized carbons (Fsp3) is 0.190. The van der Waals surface area contributed by atoms with Crippen LogP contribution in [-0.4, -0.2) is 34.4 Å². The topological polar surface area (TPSA) is 63.2 Å². The molecule has 0 saturated heterocycles. The summed E-state index contributed by atoms with van der Waals surface area (Å²) in [4.78, 5) is 12.3. The van der Waals surface area contributed by atoms with Crippen LogP contribution in [0.4, 0.5) is 0 Å². The third-order valence-corrected chi connectivity index (χ3v) is 4.14. The quantitative estimate of drug-likeness (QED) is 0.572. The minimum absolute atomic E-state index is 0.409. The van der Waals surface area contributed by atoms with Crippen molar-refractivity contribution < 1.29 is 28.5 Å². The summed E-state index contributed by atoms with van der Waals surface area (Å²) in [5.41, 5.74) is 1.84. The first-order valence-electron chi connectivity index (χ1n) is 8.20. The number of carbonyl (C=O) groups is 1. The molecule has 140 valence electrons. The Balaban J connectivity index is 1.99. The number of carbonyl (C=O) groups excluding carboxylic acids is 1. The Bertz CT molecular complexity index is 926. The highest BCUT2D eigenvalue weighted by Crippen LogP contribution is 2.36. The predicted octanol–water partition coefficient (Wildman–Crippen LogP) is 3.70. The maximum absolute atomic E-state index is 12.3. The highest BCUT2D eigenvalue weighted by Gasteiger charge is 2.23. The van der Waals surface area contributed by atoms with Gasteiger partial charge in [-0.1, -0.05) is 12.1 Å². The van der Waals surface area contributed by atoms with Crippen LogP contribution in [0.1, 0.15) is 11.1 Å². The van der Waals surface area contributed by atoms with Gasteiger partial charge in [0.25, 0.3) is 0 Å². The average Bonchev–Trinajstić information content (AvgIpc) is 3.07. The number of hydrogen-bond acceptors (Lipinski definition) is 6. The third kappa shape index (κ3) is 3.60. The second kappa shape index (κ2) is 7.86. The van der Waals surface area contributed by atoms with E-state index in [-0.39, 0.29) is 0 Å². The van der Waals surface area contributed by atoms with Crippen molar-refractivity contribution in [3.8, 4) is 23.0 Å². The number of methoxy groups -OCH3 is 4. The second-order valence-corrected chi connectivity index (χ2v) is 5.65. The largest absolute Gasteiger partial charge is 0.493 e. The highest BCUT2D eigenvalue weighted by molar-refractivity contribution is 6.05. The molecule has 0 amide bonds. The number of cyclic esters (lactones) is 1. The van der Waals surface area contributed by atoms with Crippen molar-refractivity contribution in [1.82, 2.24) is 0 Å². The number of ether oxygens (including phenoxy) is 5. The van der Waals surface area contributed by atoms with E-state index in [1.807, 2.05) is 12.1 Å². The predicted molar refractivity (Wildman–Crippen MR) is 101 cm³/mol. The van der Waals surface area contributed by atoms with E-state index in [1.54, 1.807) is 64.9 Å². The van der Waals surface area contributed by atoms with Gasteiger partial charge in [-0.3, -0.25) is 0 Å². The van der Waals surface area contributed by atoms with E-state index in [0.29, 0.717) is 45.5 Å². The van der Waals surface area contributed by atoms with Crippen LogP contribution >= 0.6 is 0 Å². The summed E-state index contributed by atoms with van der Waals surface area (Å²) in [6.45, 7) is 0. The summed E-state index contributed by atoms with van der Waals surface area (Å²) in [7, 11) is 6.23. The maximum atomic E-state index is 12.3. The molecular formula is C21H20O6. The lowest BCUT2D eigenvalue weighted by atomic mass is 10.1. The van der Waals surface area contributed by atoms with E-state index < -0.39 is 5.97 Å². The molecule has 0 radical (unpaired) electrons. The van der Waals surface area contributed by atoms with E-state index in [0.717, 1.165) is 0 Å². The molecule has 2 aromatic carbocycles. The molecular weight excluding hydrogens is 348 g/mol. The molecule has 3 rings (SSSR count). The molecule has 1 heterocycles. The van der Waals surface area contributed by atoms with Gasteiger partial charge in [0.1, 0.15) is 5.76 Å². The lowest BCUT2D eigenvalue weighted by Crippen LogP contribution is -1.98. The van der Waals surface area contributed by atoms with Crippen molar-refractivity contribution >= 4 is 17.8 Å². The van der Waals surface area contributed by atoms with Gasteiger partial charge in [0.15, 0.2) is 23.0 Å². The SMILES string of the molecule is COc1ccc(C2=C/C(=C/c3cccc(OC)c3OC)C(=O)O2)cc1OC. The minimum atomic E-state index is -0.440. The fourth-order valence-corrected chi connectivity index (χ4v) is 2.81. The van der Waals surface area contributed by atoms with Crippen molar-refractivity contribution in [3.05, 3.63) is 59.2 Å². The van der Waals surface area contributed by atoms with E-state index in [2.05, 4.69) is 0 Å². The molecule has 0 unspecified atom stereocenters. The van der Waals surface area contributed by atoms with Crippen molar-refractivity contribution in [1.29, 1.82) is 0 Å². The van der Waals surface area contributed by atoms with Crippen LogP contribution in [-0.2, 0) is 9.53 Å². The van der Waals surface area contributed by atoms with E-state index in [4.69, 9.17) is 23.7 Å². The lowest BCUT2D eigenvalue weighted by Gasteiger charge is -2.10. The van der Waals surface area contributed by atoms with Crippen molar-refractivity contribution in [2.75, 3.05) is 28.4 Å². The molecule has 1 aliphatic heterocycles. The van der Waals surface area contributed by atoms with Gasteiger partial charge in [-0.05, 0) is 36.4 Å². The molecule has 0 aliphatic carbocycles. The van der Waals surface area contributed by atoms with Gasteiger partial charge >= 0.3 is 5.97 Å². The van der Waals surface area contributed by atoms with Crippen molar-refractivity contribution in [3.63, 3.8) is 0 Å². The summed E-state index contributed by atoms with van der Waals surface area (Å²) in [6, 6.07) is 10.8. The van der Waals surface area contributed by atoms with Crippen LogP contribution < -0.4 is 18.9 Å². The number of esters is 1. The molecule has 0 N–H and O–H groups in total. The number of hydrogen-bond donors (Lipinski definition) is 0. The van der Waals surface area contributed by atoms with Gasteiger partial charge in [-0.2, -0.15) is 0 Å². The maximum Gasteiger partial charge on any atom is 0.343 e. The zero-order valence-corrected chi connectivity index (χ0v) is 15.6. The normalized spacial score (nSPS) is 14.6. The molecule has 1 aliphatic rings.